The molecule has 38 heavy (non-hydrogen) atoms. The van der Waals surface area contributed by atoms with Crippen LogP contribution in [0.15, 0.2) is 30.0 Å². The van der Waals surface area contributed by atoms with Crippen molar-refractivity contribution in [3.63, 3.8) is 0 Å². The Labute approximate surface area is 217 Å². The van der Waals surface area contributed by atoms with Crippen molar-refractivity contribution in [2.75, 3.05) is 13.6 Å². The van der Waals surface area contributed by atoms with Crippen LogP contribution in [0.3, 0.4) is 0 Å². The largest absolute Gasteiger partial charge is 0.518 e. The van der Waals surface area contributed by atoms with E-state index in [0.717, 1.165) is 18.3 Å². The third kappa shape index (κ3) is 5.59. The quantitative estimate of drug-likeness (QED) is 0.556. The van der Waals surface area contributed by atoms with Crippen LogP contribution in [0.2, 0.25) is 0 Å². The molecule has 1 N–H and O–H groups in total. The Morgan fingerprint density at radius 1 is 1.16 bits per heavy atom. The van der Waals surface area contributed by atoms with E-state index in [1.165, 1.54) is 0 Å². The van der Waals surface area contributed by atoms with Crippen LogP contribution >= 0.6 is 0 Å². The van der Waals surface area contributed by atoms with Crippen LogP contribution in [-0.2, 0) is 27.8 Å². The molecule has 0 spiro atoms. The number of likely N-dealkylation sites (tertiary alicyclic amines) is 1. The number of fused-ring (bicyclic) bond motifs is 1. The van der Waals surface area contributed by atoms with Crippen molar-refractivity contribution in [1.82, 2.24) is 24.3 Å². The summed E-state index contributed by atoms with van der Waals surface area (Å²) < 4.78 is 97.8. The maximum Gasteiger partial charge on any atom is 0.518 e. The minimum absolute atomic E-state index is 0.0193. The number of amides is 1. The van der Waals surface area contributed by atoms with Crippen LogP contribution in [0.5, 0.6) is 0 Å². The molecule has 3 aliphatic rings. The first kappa shape index (κ1) is 28.5. The average molecular weight is 568 g/mol. The molecule has 1 aliphatic carbocycles. The zero-order chi connectivity index (χ0) is 28.2. The minimum Gasteiger partial charge on any atom is -0.444 e. The van der Waals surface area contributed by atoms with Crippen molar-refractivity contribution in [3.05, 3.63) is 41.3 Å². The third-order valence-corrected chi connectivity index (χ3v) is 8.29. The molecule has 0 radical (unpaired) electrons. The molecule has 3 heterocycles. The zero-order valence-electron chi connectivity index (χ0n) is 21.3. The summed E-state index contributed by atoms with van der Waals surface area (Å²) in [6, 6.07) is -1.70. The Hall–Kier alpha value is -2.52. The summed E-state index contributed by atoms with van der Waals surface area (Å²) >= 11 is 0. The molecule has 212 valence electrons. The highest BCUT2D eigenvalue weighted by Crippen LogP contribution is 2.38. The number of alkyl halides is 3. The SMILES string of the molecule is CN1CC(N2Cc3cnn(S(=O)(=O)C(F)(F)F)c3C2)CC(NC(=O)OC(C)(C)C)[C@H]1C1CC(F)=CC=C1F. The Kier molecular flexibility index (Phi) is 7.42. The summed E-state index contributed by atoms with van der Waals surface area (Å²) in [5.41, 5.74) is -6.07. The highest BCUT2D eigenvalue weighted by molar-refractivity contribution is 7.90. The van der Waals surface area contributed by atoms with E-state index in [1.807, 2.05) is 0 Å². The monoisotopic (exact) mass is 567 g/mol. The van der Waals surface area contributed by atoms with Crippen molar-refractivity contribution < 1.29 is 39.9 Å². The number of ether oxygens (including phenoxy) is 1. The van der Waals surface area contributed by atoms with Gasteiger partial charge in [-0.05, 0) is 46.4 Å². The summed E-state index contributed by atoms with van der Waals surface area (Å²) in [6.45, 7) is 5.38. The fourth-order valence-corrected chi connectivity index (χ4v) is 6.22. The second kappa shape index (κ2) is 9.90. The topological polar surface area (TPSA) is 96.8 Å². The number of aromatic nitrogens is 2. The molecule has 0 aromatic carbocycles. The number of nitrogens with zero attached hydrogens (tertiary/aromatic N) is 4. The number of hydrogen-bond acceptors (Lipinski definition) is 7. The lowest BCUT2D eigenvalue weighted by Gasteiger charge is -2.48. The number of nitrogens with one attached hydrogen (secondary N) is 1. The van der Waals surface area contributed by atoms with Crippen LogP contribution < -0.4 is 5.32 Å². The van der Waals surface area contributed by atoms with Crippen molar-refractivity contribution in [2.24, 2.45) is 5.92 Å². The molecule has 4 rings (SSSR count). The fraction of sp³-hybridized carbons (Fsp3) is 0.652. The molecule has 3 unspecified atom stereocenters. The second-order valence-corrected chi connectivity index (χ2v) is 12.6. The molecular formula is C23H30F5N5O4S. The van der Waals surface area contributed by atoms with Crippen LogP contribution in [0, 0.1) is 5.92 Å². The lowest BCUT2D eigenvalue weighted by atomic mass is 9.80. The molecular weight excluding hydrogens is 537 g/mol. The molecule has 1 amide bonds. The van der Waals surface area contributed by atoms with Gasteiger partial charge >= 0.3 is 21.6 Å². The molecule has 1 fully saturated rings. The minimum atomic E-state index is -5.70. The lowest BCUT2D eigenvalue weighted by Crippen LogP contribution is -2.63. The lowest BCUT2D eigenvalue weighted by molar-refractivity contribution is -0.0450. The number of allylic oxidation sites excluding steroid dienone is 3. The maximum atomic E-state index is 14.9. The Morgan fingerprint density at radius 2 is 1.84 bits per heavy atom. The van der Waals surface area contributed by atoms with Gasteiger partial charge in [0.05, 0.1) is 11.9 Å². The van der Waals surface area contributed by atoms with E-state index in [9.17, 15) is 35.2 Å². The fourth-order valence-electron chi connectivity index (χ4n) is 5.39. The predicted molar refractivity (Wildman–Crippen MR) is 126 cm³/mol. The number of carbonyl (C=O) groups excluding carboxylic acids is 1. The van der Waals surface area contributed by atoms with E-state index in [1.54, 1.807) is 37.6 Å². The van der Waals surface area contributed by atoms with Crippen LogP contribution in [0.25, 0.3) is 0 Å². The highest BCUT2D eigenvalue weighted by atomic mass is 32.2. The van der Waals surface area contributed by atoms with Gasteiger partial charge in [0.25, 0.3) is 0 Å². The van der Waals surface area contributed by atoms with Crippen LogP contribution in [-0.4, -0.2) is 76.3 Å². The average Bonchev–Trinajstić information content (AvgIpc) is 3.34. The number of likely N-dealkylation sites (N-methyl/N-ethyl adjacent to an activating group) is 1. The summed E-state index contributed by atoms with van der Waals surface area (Å²) in [6.07, 6.45) is 2.55. The molecule has 2 aliphatic heterocycles. The predicted octanol–water partition coefficient (Wildman–Crippen LogP) is 3.59. The Bertz CT molecular complexity index is 1250. The van der Waals surface area contributed by atoms with E-state index < -0.39 is 56.9 Å². The molecule has 0 saturated carbocycles. The van der Waals surface area contributed by atoms with Crippen LogP contribution in [0.1, 0.15) is 44.9 Å². The summed E-state index contributed by atoms with van der Waals surface area (Å²) in [5.74, 6) is -1.88. The molecule has 9 nitrogen and oxygen atoms in total. The van der Waals surface area contributed by atoms with Gasteiger partial charge in [0, 0.05) is 55.7 Å². The zero-order valence-corrected chi connectivity index (χ0v) is 22.1. The Morgan fingerprint density at radius 3 is 2.47 bits per heavy atom. The maximum absolute atomic E-state index is 14.9. The molecule has 1 aromatic rings. The first-order valence-electron chi connectivity index (χ1n) is 12.0. The van der Waals surface area contributed by atoms with Crippen molar-refractivity contribution in [1.29, 1.82) is 0 Å². The van der Waals surface area contributed by atoms with E-state index in [4.69, 9.17) is 4.74 Å². The summed E-state index contributed by atoms with van der Waals surface area (Å²) in [7, 11) is -4.00. The molecule has 1 aromatic heterocycles. The summed E-state index contributed by atoms with van der Waals surface area (Å²) in [5, 5.41) is 6.24. The number of piperidine rings is 1. The van der Waals surface area contributed by atoms with Crippen LogP contribution in [0.4, 0.5) is 26.7 Å². The molecule has 4 atom stereocenters. The van der Waals surface area contributed by atoms with Gasteiger partial charge in [-0.15, -0.1) is 0 Å². The van der Waals surface area contributed by atoms with E-state index in [-0.39, 0.29) is 41.8 Å². The number of halogens is 5. The number of rotatable bonds is 4. The first-order valence-corrected chi connectivity index (χ1v) is 13.4. The van der Waals surface area contributed by atoms with E-state index >= 15 is 0 Å². The van der Waals surface area contributed by atoms with Gasteiger partial charge in [0.15, 0.2) is 0 Å². The molecule has 0 bridgehead atoms. The first-order chi connectivity index (χ1) is 17.5. The van der Waals surface area contributed by atoms with Crippen molar-refractivity contribution >= 4 is 16.1 Å². The summed E-state index contributed by atoms with van der Waals surface area (Å²) in [4.78, 5) is 16.3. The van der Waals surface area contributed by atoms with Gasteiger partial charge in [-0.3, -0.25) is 9.80 Å². The van der Waals surface area contributed by atoms with Gasteiger partial charge in [-0.1, -0.05) is 0 Å². The third-order valence-electron chi connectivity index (χ3n) is 6.94. The normalized spacial score (nSPS) is 27.5. The van der Waals surface area contributed by atoms with E-state index in [0.29, 0.717) is 12.1 Å². The molecule has 1 saturated heterocycles. The van der Waals surface area contributed by atoms with Gasteiger partial charge in [-0.2, -0.15) is 30.8 Å². The number of alkyl carbamates (subject to hydrolysis) is 1. The standard InChI is InChI=1S/C23H30F5N5O4S/c1-22(2,3)37-21(34)30-18-8-15(11-31(4)20(18)16-7-14(24)5-6-17(16)25)32-10-13-9-29-33(19(13)12-32)38(35,36)23(26,27)28/h5-6,9,15-16,18,20H,7-8,10-12H2,1-4H3,(H,30,34)/t15?,16?,18?,20-/m1/s1. The van der Waals surface area contributed by atoms with Crippen molar-refractivity contribution in [2.45, 2.75) is 75.9 Å². The Balaban J connectivity index is 1.58. The van der Waals surface area contributed by atoms with Gasteiger partial charge in [0.2, 0.25) is 0 Å². The highest BCUT2D eigenvalue weighted by Gasteiger charge is 2.51. The van der Waals surface area contributed by atoms with Gasteiger partial charge in [-0.25, -0.2) is 13.6 Å². The number of hydrogen-bond donors (Lipinski definition) is 1. The number of carbonyl (C=O) groups is 1. The second-order valence-electron chi connectivity index (χ2n) is 10.9. The smallest absolute Gasteiger partial charge is 0.444 e. The van der Waals surface area contributed by atoms with E-state index in [2.05, 4.69) is 10.4 Å². The van der Waals surface area contributed by atoms with Crippen molar-refractivity contribution in [3.8, 4) is 0 Å². The van der Waals surface area contributed by atoms with Gasteiger partial charge < -0.3 is 10.1 Å². The molecule has 15 heteroatoms. The van der Waals surface area contributed by atoms with Gasteiger partial charge in [0.1, 0.15) is 17.3 Å².